The first-order valence-corrected chi connectivity index (χ1v) is 8.63. The van der Waals surface area contributed by atoms with Crippen LogP contribution in [0.25, 0.3) is 0 Å². The summed E-state index contributed by atoms with van der Waals surface area (Å²) in [6.45, 7) is 9.84. The number of benzene rings is 1. The average molecular weight is 318 g/mol. The summed E-state index contributed by atoms with van der Waals surface area (Å²) in [5, 5.41) is 0. The second-order valence-corrected chi connectivity index (χ2v) is 6.89. The van der Waals surface area contributed by atoms with Gasteiger partial charge in [-0.05, 0) is 64.8 Å². The summed E-state index contributed by atoms with van der Waals surface area (Å²) in [4.78, 5) is 17.0. The van der Waals surface area contributed by atoms with Crippen molar-refractivity contribution in [3.63, 3.8) is 0 Å². The first-order valence-electron chi connectivity index (χ1n) is 8.63. The van der Waals surface area contributed by atoms with Crippen LogP contribution < -0.4 is 4.74 Å². The molecule has 0 bridgehead atoms. The van der Waals surface area contributed by atoms with Crippen molar-refractivity contribution in [1.82, 2.24) is 9.80 Å². The van der Waals surface area contributed by atoms with Gasteiger partial charge in [0.2, 0.25) is 5.91 Å². The van der Waals surface area contributed by atoms with Crippen LogP contribution in [0.4, 0.5) is 0 Å². The zero-order valence-corrected chi connectivity index (χ0v) is 15.1. The maximum Gasteiger partial charge on any atom is 0.237 e. The molecule has 1 heterocycles. The van der Waals surface area contributed by atoms with E-state index in [9.17, 15) is 4.79 Å². The van der Waals surface area contributed by atoms with E-state index in [-0.39, 0.29) is 18.0 Å². The highest BCUT2D eigenvalue weighted by molar-refractivity contribution is 5.79. The lowest BCUT2D eigenvalue weighted by Gasteiger charge is -2.33. The van der Waals surface area contributed by atoms with Gasteiger partial charge in [-0.25, -0.2) is 0 Å². The summed E-state index contributed by atoms with van der Waals surface area (Å²) in [6.07, 6.45) is 2.26. The fraction of sp³-hybridized carbons (Fsp3) is 0.632. The largest absolute Gasteiger partial charge is 0.497 e. The molecular weight excluding hydrogens is 288 g/mol. The van der Waals surface area contributed by atoms with Crippen molar-refractivity contribution in [3.05, 3.63) is 29.8 Å². The van der Waals surface area contributed by atoms with Crippen LogP contribution in [0, 0.1) is 0 Å². The first kappa shape index (κ1) is 17.8. The third-order valence-electron chi connectivity index (χ3n) is 4.60. The summed E-state index contributed by atoms with van der Waals surface area (Å²) in [6, 6.07) is 9.06. The van der Waals surface area contributed by atoms with Gasteiger partial charge in [-0.3, -0.25) is 9.69 Å². The van der Waals surface area contributed by atoms with Crippen LogP contribution >= 0.6 is 0 Å². The van der Waals surface area contributed by atoms with Crippen LogP contribution in [0.1, 0.15) is 52.1 Å². The molecule has 0 N–H and O–H groups in total. The third kappa shape index (κ3) is 4.25. The minimum Gasteiger partial charge on any atom is -0.497 e. The predicted molar refractivity (Wildman–Crippen MR) is 93.7 cm³/mol. The standard InChI is InChI=1S/C19H30N2O2/c1-14(2)21(15(3)4)19(22)13-20-12-6-7-18(20)16-8-10-17(23-5)11-9-16/h8-11,14-15,18H,6-7,12-13H2,1-5H3. The third-order valence-corrected chi connectivity index (χ3v) is 4.60. The van der Waals surface area contributed by atoms with E-state index < -0.39 is 0 Å². The Labute approximate surface area is 140 Å². The topological polar surface area (TPSA) is 32.8 Å². The fourth-order valence-corrected chi connectivity index (χ4v) is 3.65. The van der Waals surface area contributed by atoms with Gasteiger partial charge in [-0.15, -0.1) is 0 Å². The molecule has 23 heavy (non-hydrogen) atoms. The lowest BCUT2D eigenvalue weighted by molar-refractivity contribution is -0.136. The molecule has 1 amide bonds. The highest BCUT2D eigenvalue weighted by atomic mass is 16.5. The number of hydrogen-bond donors (Lipinski definition) is 0. The van der Waals surface area contributed by atoms with Crippen LogP contribution in [0.15, 0.2) is 24.3 Å². The zero-order valence-electron chi connectivity index (χ0n) is 15.1. The van der Waals surface area contributed by atoms with Crippen LogP contribution in [0.3, 0.4) is 0 Å². The van der Waals surface area contributed by atoms with E-state index in [1.165, 1.54) is 5.56 Å². The Bertz CT molecular complexity index is 503. The molecule has 4 heteroatoms. The van der Waals surface area contributed by atoms with Crippen molar-refractivity contribution in [3.8, 4) is 5.75 Å². The van der Waals surface area contributed by atoms with Crippen LogP contribution in [0.2, 0.25) is 0 Å². The number of rotatable bonds is 6. The maximum absolute atomic E-state index is 12.7. The molecular formula is C19H30N2O2. The lowest BCUT2D eigenvalue weighted by Crippen LogP contribution is -2.47. The van der Waals surface area contributed by atoms with E-state index in [2.05, 4.69) is 44.7 Å². The van der Waals surface area contributed by atoms with Crippen molar-refractivity contribution < 1.29 is 9.53 Å². The minimum atomic E-state index is 0.232. The summed E-state index contributed by atoms with van der Waals surface area (Å²) in [5.41, 5.74) is 1.27. The van der Waals surface area contributed by atoms with Crippen molar-refractivity contribution >= 4 is 5.91 Å². The van der Waals surface area contributed by atoms with E-state index in [0.29, 0.717) is 12.6 Å². The number of nitrogens with zero attached hydrogens (tertiary/aromatic N) is 2. The van der Waals surface area contributed by atoms with Crippen LogP contribution in [0.5, 0.6) is 5.75 Å². The smallest absolute Gasteiger partial charge is 0.237 e. The number of carbonyl (C=O) groups is 1. The van der Waals surface area contributed by atoms with Gasteiger partial charge < -0.3 is 9.64 Å². The Morgan fingerprint density at radius 1 is 1.22 bits per heavy atom. The number of carbonyl (C=O) groups excluding carboxylic acids is 1. The zero-order chi connectivity index (χ0) is 17.0. The van der Waals surface area contributed by atoms with Crippen molar-refractivity contribution in [2.24, 2.45) is 0 Å². The Morgan fingerprint density at radius 2 is 1.83 bits per heavy atom. The second-order valence-electron chi connectivity index (χ2n) is 6.89. The molecule has 0 aromatic heterocycles. The monoisotopic (exact) mass is 318 g/mol. The molecule has 4 nitrogen and oxygen atoms in total. The minimum absolute atomic E-state index is 0.232. The van der Waals surface area contributed by atoms with Crippen molar-refractivity contribution in [2.45, 2.75) is 58.7 Å². The van der Waals surface area contributed by atoms with Gasteiger partial charge in [-0.2, -0.15) is 0 Å². The van der Waals surface area contributed by atoms with Gasteiger partial charge in [0.15, 0.2) is 0 Å². The lowest BCUT2D eigenvalue weighted by atomic mass is 10.0. The molecule has 0 radical (unpaired) electrons. The summed E-state index contributed by atoms with van der Waals surface area (Å²) in [5.74, 6) is 1.11. The van der Waals surface area contributed by atoms with Gasteiger partial charge in [0, 0.05) is 18.1 Å². The highest BCUT2D eigenvalue weighted by Crippen LogP contribution is 2.32. The van der Waals surface area contributed by atoms with Crippen molar-refractivity contribution in [2.75, 3.05) is 20.2 Å². The highest BCUT2D eigenvalue weighted by Gasteiger charge is 2.30. The van der Waals surface area contributed by atoms with Gasteiger partial charge >= 0.3 is 0 Å². The number of methoxy groups -OCH3 is 1. The summed E-state index contributed by atoms with van der Waals surface area (Å²) >= 11 is 0. The number of likely N-dealkylation sites (tertiary alicyclic amines) is 1. The molecule has 1 fully saturated rings. The first-order chi connectivity index (χ1) is 10.9. The van der Waals surface area contributed by atoms with Gasteiger partial charge in [0.1, 0.15) is 5.75 Å². The molecule has 0 aliphatic carbocycles. The van der Waals surface area contributed by atoms with Crippen LogP contribution in [-0.4, -0.2) is 48.0 Å². The molecule has 1 aromatic rings. The Morgan fingerprint density at radius 3 is 2.35 bits per heavy atom. The molecule has 1 aliphatic heterocycles. The quantitative estimate of drug-likeness (QED) is 0.805. The number of ether oxygens (including phenoxy) is 1. The number of amides is 1. The normalized spacial score (nSPS) is 18.7. The van der Waals surface area contributed by atoms with Gasteiger partial charge in [-0.1, -0.05) is 12.1 Å². The molecule has 1 atom stereocenters. The molecule has 1 unspecified atom stereocenters. The second kappa shape index (κ2) is 7.82. The molecule has 0 saturated carbocycles. The van der Waals surface area contributed by atoms with E-state index in [4.69, 9.17) is 4.74 Å². The molecule has 128 valence electrons. The van der Waals surface area contributed by atoms with E-state index in [1.807, 2.05) is 17.0 Å². The van der Waals surface area contributed by atoms with Gasteiger partial charge in [0.05, 0.1) is 13.7 Å². The van der Waals surface area contributed by atoms with Gasteiger partial charge in [0.25, 0.3) is 0 Å². The summed E-state index contributed by atoms with van der Waals surface area (Å²) in [7, 11) is 1.68. The molecule has 0 spiro atoms. The predicted octanol–water partition coefficient (Wildman–Crippen LogP) is 3.48. The molecule has 1 aliphatic rings. The molecule has 1 aromatic carbocycles. The molecule has 2 rings (SSSR count). The van der Waals surface area contributed by atoms with Crippen molar-refractivity contribution in [1.29, 1.82) is 0 Å². The Balaban J connectivity index is 2.07. The fourth-order valence-electron chi connectivity index (χ4n) is 3.65. The van der Waals surface area contributed by atoms with E-state index in [0.717, 1.165) is 25.1 Å². The van der Waals surface area contributed by atoms with Crippen LogP contribution in [-0.2, 0) is 4.79 Å². The molecule has 1 saturated heterocycles. The maximum atomic E-state index is 12.7. The summed E-state index contributed by atoms with van der Waals surface area (Å²) < 4.78 is 5.23. The van der Waals surface area contributed by atoms with E-state index >= 15 is 0 Å². The average Bonchev–Trinajstić information content (AvgIpc) is 2.94. The van der Waals surface area contributed by atoms with E-state index in [1.54, 1.807) is 7.11 Å². The Hall–Kier alpha value is -1.55. The Kier molecular flexibility index (Phi) is 6.05. The number of hydrogen-bond acceptors (Lipinski definition) is 3. The SMILES string of the molecule is COc1ccc(C2CCCN2CC(=O)N(C(C)C)C(C)C)cc1.